The van der Waals surface area contributed by atoms with Gasteiger partial charge in [-0.3, -0.25) is 14.4 Å². The number of amides is 2. The van der Waals surface area contributed by atoms with Gasteiger partial charge in [-0.25, -0.2) is 0 Å². The summed E-state index contributed by atoms with van der Waals surface area (Å²) in [5.41, 5.74) is 4.09. The molecule has 2 amide bonds. The van der Waals surface area contributed by atoms with Crippen LogP contribution in [0.4, 0.5) is 5.69 Å². The zero-order chi connectivity index (χ0) is 37.4. The molecule has 0 radical (unpaired) electrons. The van der Waals surface area contributed by atoms with Crippen LogP contribution in [-0.2, 0) is 16.2 Å². The summed E-state index contributed by atoms with van der Waals surface area (Å²) in [5, 5.41) is 26.4. The molecule has 2 aromatic carbocycles. The summed E-state index contributed by atoms with van der Waals surface area (Å²) >= 11 is 0. The second-order valence-electron chi connectivity index (χ2n) is 16.4. The number of nitrogens with zero attached hydrogens (tertiary/aromatic N) is 4. The number of ether oxygens (including phenoxy) is 1. The van der Waals surface area contributed by atoms with Crippen molar-refractivity contribution in [2.24, 2.45) is 29.1 Å². The summed E-state index contributed by atoms with van der Waals surface area (Å²) in [6.07, 6.45) is 1.73. The Bertz CT molecular complexity index is 1540. The fourth-order valence-corrected chi connectivity index (χ4v) is 9.21. The Morgan fingerprint density at radius 2 is 1.82 bits per heavy atom. The molecule has 1 saturated heterocycles. The Labute approximate surface area is 304 Å². The van der Waals surface area contributed by atoms with E-state index < -0.39 is 24.2 Å². The average molecular weight is 708 g/mol. The molecule has 6 rings (SSSR count). The van der Waals surface area contributed by atoms with Crippen molar-refractivity contribution < 1.29 is 29.4 Å². The van der Waals surface area contributed by atoms with Crippen LogP contribution in [-0.4, -0.2) is 123 Å². The number of fused-ring (bicyclic) bond motifs is 3. The zero-order valence-corrected chi connectivity index (χ0v) is 32.3. The summed E-state index contributed by atoms with van der Waals surface area (Å²) in [5.74, 6) is 0.980. The predicted molar refractivity (Wildman–Crippen MR) is 200 cm³/mol. The van der Waals surface area contributed by atoms with Crippen LogP contribution in [0.15, 0.2) is 36.4 Å². The van der Waals surface area contributed by atoms with Gasteiger partial charge in [0.15, 0.2) is 0 Å². The van der Waals surface area contributed by atoms with Gasteiger partial charge in [-0.1, -0.05) is 39.0 Å². The smallest absolute Gasteiger partial charge is 0.253 e. The molecular weight excluding hydrogens is 646 g/mol. The van der Waals surface area contributed by atoms with E-state index in [0.717, 1.165) is 41.8 Å². The molecule has 282 valence electrons. The van der Waals surface area contributed by atoms with E-state index in [4.69, 9.17) is 9.57 Å². The van der Waals surface area contributed by atoms with Gasteiger partial charge in [-0.15, -0.1) is 0 Å². The summed E-state index contributed by atoms with van der Waals surface area (Å²) in [6.45, 7) is 9.81. The molecule has 1 unspecified atom stereocenters. The topological polar surface area (TPSA) is 118 Å². The monoisotopic (exact) mass is 707 g/mol. The number of likely N-dealkylation sites (N-methyl/N-ethyl adjacent to an activating group) is 2. The fourth-order valence-electron chi connectivity index (χ4n) is 9.21. The maximum Gasteiger partial charge on any atom is 0.253 e. The fraction of sp³-hybridized carbons (Fsp3) is 0.650. The van der Waals surface area contributed by atoms with Crippen LogP contribution in [0.2, 0.25) is 0 Å². The summed E-state index contributed by atoms with van der Waals surface area (Å²) < 4.78 is 6.07. The molecule has 0 aromatic heterocycles. The number of hydroxylamine groups is 2. The first-order chi connectivity index (χ1) is 24.1. The molecule has 11 nitrogen and oxygen atoms in total. The molecule has 2 aromatic rings. The third kappa shape index (κ3) is 8.08. The van der Waals surface area contributed by atoms with Crippen LogP contribution in [0.1, 0.15) is 62.9 Å². The lowest BCUT2D eigenvalue weighted by Gasteiger charge is -2.56. The molecule has 8 atom stereocenters. The predicted octanol–water partition coefficient (Wildman–Crippen LogP) is 4.11. The number of rotatable bonds is 13. The Hall–Kier alpha value is -3.22. The molecule has 51 heavy (non-hydrogen) atoms. The molecule has 2 bridgehead atoms. The van der Waals surface area contributed by atoms with Gasteiger partial charge in [0.25, 0.3) is 5.91 Å². The first-order valence-corrected chi connectivity index (χ1v) is 18.5. The van der Waals surface area contributed by atoms with Gasteiger partial charge in [-0.2, -0.15) is 5.06 Å². The first-order valence-electron chi connectivity index (χ1n) is 18.5. The van der Waals surface area contributed by atoms with Gasteiger partial charge in [0, 0.05) is 68.6 Å². The quantitative estimate of drug-likeness (QED) is 0.283. The highest BCUT2D eigenvalue weighted by Gasteiger charge is 2.54. The highest BCUT2D eigenvalue weighted by molar-refractivity contribution is 5.97. The molecule has 3 N–H and O–H groups in total. The number of nitrogens with one attached hydrogen (secondary N) is 1. The van der Waals surface area contributed by atoms with E-state index in [1.165, 1.54) is 6.42 Å². The van der Waals surface area contributed by atoms with Gasteiger partial charge >= 0.3 is 0 Å². The van der Waals surface area contributed by atoms with Crippen LogP contribution in [0.25, 0.3) is 11.1 Å². The van der Waals surface area contributed by atoms with Crippen molar-refractivity contribution in [3.05, 3.63) is 47.5 Å². The number of carbonyl (C=O) groups is 2. The maximum atomic E-state index is 14.4. The normalized spacial score (nSPS) is 27.7. The highest BCUT2D eigenvalue weighted by Crippen LogP contribution is 2.55. The minimum absolute atomic E-state index is 0.0506. The van der Waals surface area contributed by atoms with Gasteiger partial charge in [0.05, 0.1) is 26.4 Å². The second-order valence-corrected chi connectivity index (χ2v) is 16.4. The molecule has 4 aliphatic rings. The lowest BCUT2D eigenvalue weighted by atomic mass is 9.52. The van der Waals surface area contributed by atoms with Crippen molar-refractivity contribution >= 4 is 17.5 Å². The van der Waals surface area contributed by atoms with Gasteiger partial charge in [0.2, 0.25) is 5.91 Å². The van der Waals surface area contributed by atoms with E-state index in [0.29, 0.717) is 35.6 Å². The van der Waals surface area contributed by atoms with Crippen LogP contribution in [0.5, 0.6) is 5.75 Å². The van der Waals surface area contributed by atoms with Crippen molar-refractivity contribution in [3.8, 4) is 16.9 Å². The molecule has 1 heterocycles. The highest BCUT2D eigenvalue weighted by atomic mass is 16.7. The summed E-state index contributed by atoms with van der Waals surface area (Å²) in [6, 6.07) is 10.9. The summed E-state index contributed by atoms with van der Waals surface area (Å²) in [7, 11) is 11.3. The third-order valence-corrected chi connectivity index (χ3v) is 11.9. The maximum absolute atomic E-state index is 14.4. The van der Waals surface area contributed by atoms with Crippen molar-refractivity contribution in [2.45, 2.75) is 77.8 Å². The number of hydrogen-bond acceptors (Lipinski definition) is 9. The van der Waals surface area contributed by atoms with Crippen LogP contribution in [0, 0.1) is 29.1 Å². The van der Waals surface area contributed by atoms with Crippen molar-refractivity contribution in [1.82, 2.24) is 20.2 Å². The Kier molecular flexibility index (Phi) is 12.1. The van der Waals surface area contributed by atoms with Crippen LogP contribution in [0.3, 0.4) is 0 Å². The second kappa shape index (κ2) is 15.8. The number of methoxy groups -OCH3 is 1. The van der Waals surface area contributed by atoms with E-state index in [1.54, 1.807) is 24.0 Å². The molecule has 1 aliphatic heterocycles. The van der Waals surface area contributed by atoms with Gasteiger partial charge in [0.1, 0.15) is 17.9 Å². The van der Waals surface area contributed by atoms with Crippen LogP contribution < -0.4 is 15.0 Å². The SMILES string of the molecule is COc1c(CN2O[C@@H](CO)[C@@H]([C@H](C)O)[C@H]2C(=O)N[C@H]2C3CC[C@@H]([C@@H]2C)C(C)(C)C3)cccc1-c1cc(C(=O)N(C)CCN(C)C)cc(N(C)C)c1. The third-order valence-electron chi connectivity index (χ3n) is 11.9. The summed E-state index contributed by atoms with van der Waals surface area (Å²) in [4.78, 5) is 40.0. The zero-order valence-electron chi connectivity index (χ0n) is 32.3. The lowest BCUT2D eigenvalue weighted by molar-refractivity contribution is -0.183. The molecule has 0 spiro atoms. The molecule has 11 heteroatoms. The van der Waals surface area contributed by atoms with E-state index in [2.05, 4.69) is 26.1 Å². The van der Waals surface area contributed by atoms with Gasteiger partial charge < -0.3 is 35.0 Å². The number of carbonyl (C=O) groups excluding carboxylic acids is 2. The Balaban J connectivity index is 1.47. The number of aliphatic hydroxyl groups is 2. The number of anilines is 1. The molecular formula is C40H61N5O6. The van der Waals surface area contributed by atoms with E-state index in [9.17, 15) is 19.8 Å². The lowest BCUT2D eigenvalue weighted by Crippen LogP contribution is -2.60. The first kappa shape index (κ1) is 39.0. The minimum atomic E-state index is -0.893. The van der Waals surface area contributed by atoms with E-state index in [1.807, 2.05) is 81.4 Å². The average Bonchev–Trinajstić information content (AvgIpc) is 3.46. The molecule has 3 aliphatic carbocycles. The number of aliphatic hydroxyl groups excluding tert-OH is 2. The largest absolute Gasteiger partial charge is 0.496 e. The van der Waals surface area contributed by atoms with Crippen LogP contribution >= 0.6 is 0 Å². The van der Waals surface area contributed by atoms with Crippen molar-refractivity contribution in [2.75, 3.05) is 66.9 Å². The van der Waals surface area contributed by atoms with Gasteiger partial charge in [-0.05, 0) is 87.2 Å². The Morgan fingerprint density at radius 1 is 1.10 bits per heavy atom. The number of benzene rings is 2. The standard InChI is InChI=1S/C40H61N5O6/c1-24-32-15-14-26(21-40(32,3)4)35(24)41-38(48)36-34(25(2)47)33(23-46)51-45(36)22-27-12-11-13-31(37(27)50-10)28-18-29(20-30(19-28)43(7)8)39(49)44(9)17-16-42(5)6/h11-13,18-20,24-26,32-36,46-47H,14-17,21-23H2,1-10H3,(H,41,48)/t24-,25-,26?,32-,33-,34+,35+,36-/m0/s1. The van der Waals surface area contributed by atoms with E-state index >= 15 is 0 Å². The molecule has 4 fully saturated rings. The number of para-hydroxylation sites is 1. The van der Waals surface area contributed by atoms with Crippen molar-refractivity contribution in [3.63, 3.8) is 0 Å². The van der Waals surface area contributed by atoms with E-state index in [-0.39, 0.29) is 36.4 Å². The number of hydrogen-bond donors (Lipinski definition) is 3. The van der Waals surface area contributed by atoms with Crippen molar-refractivity contribution in [1.29, 1.82) is 0 Å². The molecule has 3 saturated carbocycles. The minimum Gasteiger partial charge on any atom is -0.496 e. The Morgan fingerprint density at radius 3 is 2.41 bits per heavy atom.